The maximum Gasteiger partial charge on any atom is 0.170 e. The first-order valence-corrected chi connectivity index (χ1v) is 6.14. The number of hydrogen-bond donors (Lipinski definition) is 1. The molecule has 3 nitrogen and oxygen atoms in total. The molecule has 0 spiro atoms. The molecular weight excluding hydrogens is 210 g/mol. The fourth-order valence-corrected chi connectivity index (χ4v) is 2.67. The quantitative estimate of drug-likeness (QED) is 0.852. The number of rotatable bonds is 4. The van der Waals surface area contributed by atoms with E-state index in [0.717, 1.165) is 12.8 Å². The predicted octanol–water partition coefficient (Wildman–Crippen LogP) is 1.77. The summed E-state index contributed by atoms with van der Waals surface area (Å²) >= 11 is 1.74. The molecule has 4 heteroatoms. The maximum atomic E-state index is 5.87. The van der Waals surface area contributed by atoms with E-state index in [1.165, 1.54) is 4.88 Å². The summed E-state index contributed by atoms with van der Waals surface area (Å²) in [5, 5.41) is 2.07. The molecule has 0 radical (unpaired) electrons. The molecule has 1 aromatic heterocycles. The van der Waals surface area contributed by atoms with Crippen LogP contribution in [0.15, 0.2) is 17.5 Å². The van der Waals surface area contributed by atoms with Crippen LogP contribution < -0.4 is 5.73 Å². The second-order valence-electron chi connectivity index (χ2n) is 4.02. The molecule has 15 heavy (non-hydrogen) atoms. The van der Waals surface area contributed by atoms with Crippen molar-refractivity contribution < 1.29 is 9.47 Å². The Morgan fingerprint density at radius 1 is 1.67 bits per heavy atom. The van der Waals surface area contributed by atoms with Crippen molar-refractivity contribution in [3.8, 4) is 0 Å². The van der Waals surface area contributed by atoms with Gasteiger partial charge < -0.3 is 15.2 Å². The van der Waals surface area contributed by atoms with Gasteiger partial charge in [-0.15, -0.1) is 11.3 Å². The number of thiophene rings is 1. The number of ether oxygens (including phenoxy) is 2. The van der Waals surface area contributed by atoms with Gasteiger partial charge in [-0.3, -0.25) is 0 Å². The Bertz CT molecular complexity index is 302. The van der Waals surface area contributed by atoms with Crippen LogP contribution in [-0.4, -0.2) is 25.0 Å². The van der Waals surface area contributed by atoms with Crippen LogP contribution in [0.5, 0.6) is 0 Å². The predicted molar refractivity (Wildman–Crippen MR) is 60.9 cm³/mol. The van der Waals surface area contributed by atoms with Crippen LogP contribution >= 0.6 is 11.3 Å². The van der Waals surface area contributed by atoms with Crippen LogP contribution in [0.2, 0.25) is 0 Å². The lowest BCUT2D eigenvalue weighted by molar-refractivity contribution is -0.152. The van der Waals surface area contributed by atoms with Gasteiger partial charge in [0.05, 0.1) is 12.7 Å². The Morgan fingerprint density at radius 2 is 2.53 bits per heavy atom. The molecule has 0 bridgehead atoms. The van der Waals surface area contributed by atoms with Gasteiger partial charge in [-0.05, 0) is 31.3 Å². The first kappa shape index (κ1) is 11.1. The van der Waals surface area contributed by atoms with E-state index >= 15 is 0 Å². The zero-order valence-corrected chi connectivity index (χ0v) is 9.76. The van der Waals surface area contributed by atoms with E-state index in [2.05, 4.69) is 17.5 Å². The second kappa shape index (κ2) is 4.61. The zero-order chi connectivity index (χ0) is 10.7. The summed E-state index contributed by atoms with van der Waals surface area (Å²) in [5.41, 5.74) is 5.50. The van der Waals surface area contributed by atoms with Crippen molar-refractivity contribution in [3.63, 3.8) is 0 Å². The summed E-state index contributed by atoms with van der Waals surface area (Å²) < 4.78 is 11.6. The highest BCUT2D eigenvalue weighted by atomic mass is 32.1. The van der Waals surface area contributed by atoms with Crippen molar-refractivity contribution in [3.05, 3.63) is 22.4 Å². The summed E-state index contributed by atoms with van der Waals surface area (Å²) in [6, 6.07) is 4.16. The molecule has 2 rings (SSSR count). The molecule has 1 aromatic rings. The summed E-state index contributed by atoms with van der Waals surface area (Å²) in [6.07, 6.45) is 1.87. The second-order valence-corrected chi connectivity index (χ2v) is 5.05. The van der Waals surface area contributed by atoms with Crippen LogP contribution in [0, 0.1) is 0 Å². The Morgan fingerprint density at radius 3 is 3.20 bits per heavy atom. The third kappa shape index (κ3) is 2.78. The molecule has 0 saturated carbocycles. The van der Waals surface area contributed by atoms with Gasteiger partial charge in [0.2, 0.25) is 0 Å². The third-order valence-corrected chi connectivity index (χ3v) is 3.43. The van der Waals surface area contributed by atoms with Crippen LogP contribution in [0.3, 0.4) is 0 Å². The largest absolute Gasteiger partial charge is 0.347 e. The molecule has 0 aromatic carbocycles. The monoisotopic (exact) mass is 227 g/mol. The SMILES string of the molecule is CC1(Cc2cccs2)OCC(CCN)O1. The van der Waals surface area contributed by atoms with E-state index in [4.69, 9.17) is 15.2 Å². The average Bonchev–Trinajstić information content (AvgIpc) is 2.78. The van der Waals surface area contributed by atoms with Crippen molar-refractivity contribution >= 4 is 11.3 Å². The molecule has 1 aliphatic heterocycles. The molecule has 1 aliphatic rings. The highest BCUT2D eigenvalue weighted by molar-refractivity contribution is 7.09. The minimum absolute atomic E-state index is 0.167. The standard InChI is InChI=1S/C11H17NO2S/c1-11(7-10-3-2-6-15-10)13-8-9(14-11)4-5-12/h2-3,6,9H,4-5,7-8,12H2,1H3. The zero-order valence-electron chi connectivity index (χ0n) is 8.94. The molecule has 2 heterocycles. The first-order chi connectivity index (χ1) is 7.22. The van der Waals surface area contributed by atoms with Gasteiger partial charge in [0, 0.05) is 11.3 Å². The summed E-state index contributed by atoms with van der Waals surface area (Å²) in [4.78, 5) is 1.30. The molecule has 1 saturated heterocycles. The minimum Gasteiger partial charge on any atom is -0.347 e. The number of hydrogen-bond acceptors (Lipinski definition) is 4. The highest BCUT2D eigenvalue weighted by Crippen LogP contribution is 2.29. The summed E-state index contributed by atoms with van der Waals surface area (Å²) in [5.74, 6) is -0.454. The Balaban J connectivity index is 1.92. The van der Waals surface area contributed by atoms with E-state index in [-0.39, 0.29) is 6.10 Å². The van der Waals surface area contributed by atoms with Gasteiger partial charge in [0.25, 0.3) is 0 Å². The molecule has 0 amide bonds. The Labute approximate surface area is 94.2 Å². The van der Waals surface area contributed by atoms with Crippen LogP contribution in [0.25, 0.3) is 0 Å². The topological polar surface area (TPSA) is 44.5 Å². The number of nitrogens with two attached hydrogens (primary N) is 1. The van der Waals surface area contributed by atoms with Gasteiger partial charge in [0.1, 0.15) is 0 Å². The van der Waals surface area contributed by atoms with Crippen molar-refractivity contribution in [2.45, 2.75) is 31.7 Å². The minimum atomic E-state index is -0.454. The van der Waals surface area contributed by atoms with Crippen molar-refractivity contribution in [2.24, 2.45) is 5.73 Å². The first-order valence-electron chi connectivity index (χ1n) is 5.26. The van der Waals surface area contributed by atoms with Crippen molar-refractivity contribution in [1.29, 1.82) is 0 Å². The lowest BCUT2D eigenvalue weighted by Crippen LogP contribution is -2.29. The normalized spacial score (nSPS) is 30.9. The van der Waals surface area contributed by atoms with Crippen LogP contribution in [0.4, 0.5) is 0 Å². The maximum absolute atomic E-state index is 5.87. The lowest BCUT2D eigenvalue weighted by atomic mass is 10.2. The fourth-order valence-electron chi connectivity index (χ4n) is 1.84. The molecule has 1 fully saturated rings. The van der Waals surface area contributed by atoms with Gasteiger partial charge in [-0.1, -0.05) is 6.07 Å². The molecule has 2 N–H and O–H groups in total. The molecular formula is C11H17NO2S. The molecule has 2 atom stereocenters. The molecule has 84 valence electrons. The van der Waals surface area contributed by atoms with Gasteiger partial charge >= 0.3 is 0 Å². The molecule has 2 unspecified atom stereocenters. The third-order valence-electron chi connectivity index (χ3n) is 2.55. The van der Waals surface area contributed by atoms with E-state index in [1.807, 2.05) is 6.92 Å². The van der Waals surface area contributed by atoms with Crippen molar-refractivity contribution in [1.82, 2.24) is 0 Å². The van der Waals surface area contributed by atoms with Crippen molar-refractivity contribution in [2.75, 3.05) is 13.2 Å². The van der Waals surface area contributed by atoms with E-state index in [0.29, 0.717) is 13.2 Å². The van der Waals surface area contributed by atoms with E-state index in [9.17, 15) is 0 Å². The highest BCUT2D eigenvalue weighted by Gasteiger charge is 2.36. The van der Waals surface area contributed by atoms with Gasteiger partial charge in [-0.2, -0.15) is 0 Å². The Kier molecular flexibility index (Phi) is 3.41. The smallest absolute Gasteiger partial charge is 0.170 e. The van der Waals surface area contributed by atoms with Crippen LogP contribution in [-0.2, 0) is 15.9 Å². The average molecular weight is 227 g/mol. The lowest BCUT2D eigenvalue weighted by Gasteiger charge is -2.22. The molecule has 0 aliphatic carbocycles. The van der Waals surface area contributed by atoms with E-state index < -0.39 is 5.79 Å². The van der Waals surface area contributed by atoms with E-state index in [1.54, 1.807) is 11.3 Å². The van der Waals surface area contributed by atoms with Gasteiger partial charge in [0.15, 0.2) is 5.79 Å². The van der Waals surface area contributed by atoms with Crippen LogP contribution in [0.1, 0.15) is 18.2 Å². The fraction of sp³-hybridized carbons (Fsp3) is 0.636. The Hall–Kier alpha value is -0.420. The van der Waals surface area contributed by atoms with Gasteiger partial charge in [-0.25, -0.2) is 0 Å². The summed E-state index contributed by atoms with van der Waals surface area (Å²) in [6.45, 7) is 3.32. The summed E-state index contributed by atoms with van der Waals surface area (Å²) in [7, 11) is 0.